The lowest BCUT2D eigenvalue weighted by atomic mass is 10.0. The average Bonchev–Trinajstić information content (AvgIpc) is 2.54. The van der Waals surface area contributed by atoms with Crippen molar-refractivity contribution in [3.05, 3.63) is 58.1 Å². The van der Waals surface area contributed by atoms with Crippen LogP contribution >= 0.6 is 0 Å². The third kappa shape index (κ3) is 3.47. The molecule has 0 spiro atoms. The van der Waals surface area contributed by atoms with Crippen LogP contribution in [0, 0.1) is 6.92 Å². The Morgan fingerprint density at radius 1 is 1.05 bits per heavy atom. The van der Waals surface area contributed by atoms with E-state index < -0.39 is 0 Å². The average molecular weight is 299 g/mol. The molecule has 2 aromatic carbocycles. The van der Waals surface area contributed by atoms with Gasteiger partial charge in [0.05, 0.1) is 20.3 Å². The summed E-state index contributed by atoms with van der Waals surface area (Å²) in [6.07, 6.45) is 3.87. The Labute approximate surface area is 130 Å². The van der Waals surface area contributed by atoms with Crippen LogP contribution in [0.4, 0.5) is 5.69 Å². The molecule has 0 fully saturated rings. The lowest BCUT2D eigenvalue weighted by Gasteiger charge is -2.12. The Bertz CT molecular complexity index is 668. The molecule has 0 unspecified atom stereocenters. The molecule has 116 valence electrons. The Morgan fingerprint density at radius 2 is 1.77 bits per heavy atom. The van der Waals surface area contributed by atoms with E-state index in [1.165, 1.54) is 0 Å². The van der Waals surface area contributed by atoms with Gasteiger partial charge in [-0.3, -0.25) is 0 Å². The van der Waals surface area contributed by atoms with E-state index in [4.69, 9.17) is 10.5 Å². The lowest BCUT2D eigenvalue weighted by Crippen LogP contribution is -1.99. The van der Waals surface area contributed by atoms with Gasteiger partial charge in [-0.25, -0.2) is 0 Å². The summed E-state index contributed by atoms with van der Waals surface area (Å²) in [6, 6.07) is 9.55. The summed E-state index contributed by atoms with van der Waals surface area (Å²) in [7, 11) is 1.55. The first-order chi connectivity index (χ1) is 10.6. The minimum Gasteiger partial charge on any atom is -0.496 e. The molecule has 0 heterocycles. The van der Waals surface area contributed by atoms with Crippen molar-refractivity contribution in [1.82, 2.24) is 0 Å². The molecule has 0 aromatic heterocycles. The van der Waals surface area contributed by atoms with Crippen molar-refractivity contribution < 1.29 is 14.9 Å². The van der Waals surface area contributed by atoms with Gasteiger partial charge in [-0.05, 0) is 47.4 Å². The third-order valence-corrected chi connectivity index (χ3v) is 3.64. The first kappa shape index (κ1) is 16.1. The largest absolute Gasteiger partial charge is 0.496 e. The molecule has 0 amide bonds. The Morgan fingerprint density at radius 3 is 2.36 bits per heavy atom. The van der Waals surface area contributed by atoms with Crippen LogP contribution in [0.2, 0.25) is 0 Å². The van der Waals surface area contributed by atoms with E-state index in [1.807, 2.05) is 49.4 Å². The molecule has 4 heteroatoms. The zero-order valence-electron chi connectivity index (χ0n) is 12.8. The number of aliphatic hydroxyl groups excluding tert-OH is 2. The minimum absolute atomic E-state index is 0.147. The quantitative estimate of drug-likeness (QED) is 0.586. The molecular weight excluding hydrogens is 278 g/mol. The van der Waals surface area contributed by atoms with Crippen LogP contribution in [0.3, 0.4) is 0 Å². The maximum atomic E-state index is 9.44. The second kappa shape index (κ2) is 7.11. The predicted molar refractivity (Wildman–Crippen MR) is 89.4 cm³/mol. The molecule has 2 rings (SSSR count). The van der Waals surface area contributed by atoms with Crippen molar-refractivity contribution in [1.29, 1.82) is 0 Å². The van der Waals surface area contributed by atoms with Crippen molar-refractivity contribution in [2.75, 3.05) is 12.8 Å². The highest BCUT2D eigenvalue weighted by Gasteiger charge is 2.09. The molecule has 0 aliphatic heterocycles. The summed E-state index contributed by atoms with van der Waals surface area (Å²) in [4.78, 5) is 0. The fourth-order valence-corrected chi connectivity index (χ4v) is 2.28. The summed E-state index contributed by atoms with van der Waals surface area (Å²) < 4.78 is 5.28. The second-order valence-corrected chi connectivity index (χ2v) is 5.13. The Balaban J connectivity index is 2.36. The minimum atomic E-state index is -0.169. The van der Waals surface area contributed by atoms with Gasteiger partial charge in [0.25, 0.3) is 0 Å². The molecule has 4 N–H and O–H groups in total. The van der Waals surface area contributed by atoms with Gasteiger partial charge in [0.2, 0.25) is 0 Å². The number of benzene rings is 2. The number of hydrogen-bond donors (Lipinski definition) is 3. The molecule has 0 aliphatic rings. The van der Waals surface area contributed by atoms with Gasteiger partial charge in [-0.15, -0.1) is 0 Å². The fourth-order valence-electron chi connectivity index (χ4n) is 2.28. The van der Waals surface area contributed by atoms with Crippen molar-refractivity contribution in [2.45, 2.75) is 20.1 Å². The zero-order chi connectivity index (χ0) is 16.1. The topological polar surface area (TPSA) is 75.7 Å². The maximum Gasteiger partial charge on any atom is 0.125 e. The monoisotopic (exact) mass is 299 g/mol. The molecular formula is C18H21NO3. The highest BCUT2D eigenvalue weighted by Crippen LogP contribution is 2.26. The van der Waals surface area contributed by atoms with E-state index in [-0.39, 0.29) is 13.2 Å². The van der Waals surface area contributed by atoms with E-state index in [0.29, 0.717) is 16.9 Å². The van der Waals surface area contributed by atoms with Crippen LogP contribution in [0.25, 0.3) is 12.2 Å². The fraction of sp³-hybridized carbons (Fsp3) is 0.222. The van der Waals surface area contributed by atoms with Gasteiger partial charge in [0.15, 0.2) is 0 Å². The molecule has 0 radical (unpaired) electrons. The normalized spacial score (nSPS) is 11.1. The highest BCUT2D eigenvalue weighted by atomic mass is 16.5. The molecule has 2 aromatic rings. The molecule has 0 atom stereocenters. The smallest absolute Gasteiger partial charge is 0.125 e. The molecule has 0 bridgehead atoms. The van der Waals surface area contributed by atoms with Crippen LogP contribution in [0.15, 0.2) is 30.3 Å². The number of hydrogen-bond acceptors (Lipinski definition) is 4. The van der Waals surface area contributed by atoms with Crippen LogP contribution in [0.5, 0.6) is 5.75 Å². The Kier molecular flexibility index (Phi) is 5.20. The number of rotatable bonds is 5. The van der Waals surface area contributed by atoms with Crippen LogP contribution in [0.1, 0.15) is 27.8 Å². The van der Waals surface area contributed by atoms with Crippen LogP contribution < -0.4 is 10.5 Å². The standard InChI is InChI=1S/C18H21NO3/c1-12-3-4-13(8-17(12)19)5-6-14-7-15(10-20)16(11-21)18(9-14)22-2/h3-9,20-21H,10-11,19H2,1-2H3/b6-5-. The predicted octanol–water partition coefficient (Wildman–Crippen LogP) is 2.74. The number of nitrogen functional groups attached to an aromatic ring is 1. The van der Waals surface area contributed by atoms with E-state index in [1.54, 1.807) is 7.11 Å². The summed E-state index contributed by atoms with van der Waals surface area (Å²) in [6.45, 7) is 1.65. The summed E-state index contributed by atoms with van der Waals surface area (Å²) in [5.41, 5.74) is 10.9. The number of aryl methyl sites for hydroxylation is 1. The van der Waals surface area contributed by atoms with E-state index in [9.17, 15) is 10.2 Å². The first-order valence-electron chi connectivity index (χ1n) is 7.04. The number of anilines is 1. The van der Waals surface area contributed by atoms with E-state index in [0.717, 1.165) is 22.4 Å². The SMILES string of the molecule is COc1cc(/C=C\c2ccc(C)c(N)c2)cc(CO)c1CO. The van der Waals surface area contributed by atoms with Gasteiger partial charge in [0.1, 0.15) is 5.75 Å². The number of ether oxygens (including phenoxy) is 1. The van der Waals surface area contributed by atoms with Crippen molar-refractivity contribution in [2.24, 2.45) is 0 Å². The van der Waals surface area contributed by atoms with Crippen LogP contribution in [-0.4, -0.2) is 17.3 Å². The zero-order valence-corrected chi connectivity index (χ0v) is 12.8. The van der Waals surface area contributed by atoms with Gasteiger partial charge in [-0.1, -0.05) is 24.3 Å². The number of methoxy groups -OCH3 is 1. The van der Waals surface area contributed by atoms with E-state index >= 15 is 0 Å². The summed E-state index contributed by atoms with van der Waals surface area (Å²) in [5.74, 6) is 0.567. The molecule has 4 nitrogen and oxygen atoms in total. The van der Waals surface area contributed by atoms with Gasteiger partial charge >= 0.3 is 0 Å². The second-order valence-electron chi connectivity index (χ2n) is 5.13. The molecule has 0 aliphatic carbocycles. The summed E-state index contributed by atoms with van der Waals surface area (Å²) >= 11 is 0. The van der Waals surface area contributed by atoms with E-state index in [2.05, 4.69) is 0 Å². The Hall–Kier alpha value is -2.30. The maximum absolute atomic E-state index is 9.44. The molecule has 0 saturated carbocycles. The summed E-state index contributed by atoms with van der Waals surface area (Å²) in [5, 5.41) is 18.8. The van der Waals surface area contributed by atoms with Crippen LogP contribution in [-0.2, 0) is 13.2 Å². The van der Waals surface area contributed by atoms with Gasteiger partial charge in [0, 0.05) is 11.3 Å². The number of nitrogens with two attached hydrogens (primary N) is 1. The van der Waals surface area contributed by atoms with Crippen molar-refractivity contribution in [3.63, 3.8) is 0 Å². The lowest BCUT2D eigenvalue weighted by molar-refractivity contribution is 0.254. The molecule has 0 saturated heterocycles. The van der Waals surface area contributed by atoms with Crippen molar-refractivity contribution >= 4 is 17.8 Å². The third-order valence-electron chi connectivity index (χ3n) is 3.64. The van der Waals surface area contributed by atoms with Crippen molar-refractivity contribution in [3.8, 4) is 5.75 Å². The first-order valence-corrected chi connectivity index (χ1v) is 7.04. The number of aliphatic hydroxyl groups is 2. The highest BCUT2D eigenvalue weighted by molar-refractivity contribution is 5.73. The van der Waals surface area contributed by atoms with Gasteiger partial charge < -0.3 is 20.7 Å². The molecule has 22 heavy (non-hydrogen) atoms. The van der Waals surface area contributed by atoms with Gasteiger partial charge in [-0.2, -0.15) is 0 Å².